The van der Waals surface area contributed by atoms with Crippen molar-refractivity contribution in [1.82, 2.24) is 4.57 Å². The standard InChI is InChI=1S/C58H38N2S/c1-3-14-39(15-4-1)40-26-29-44(30-27-40)59(47-32-34-51-50-22-10-12-25-56(50)61-57(51)38-47)46-31-33-48(53(37-46)41-16-5-2-6-17-41)43-19-13-20-45(36-43)60-54-24-11-9-23-52(54)58-49-21-8-7-18-42(49)28-35-55(58)60/h1-38H. The van der Waals surface area contributed by atoms with Gasteiger partial charge in [-0.05, 0) is 111 Å². The Kier molecular flexibility index (Phi) is 8.39. The van der Waals surface area contributed by atoms with Gasteiger partial charge in [-0.3, -0.25) is 0 Å². The van der Waals surface area contributed by atoms with Crippen molar-refractivity contribution in [2.45, 2.75) is 0 Å². The van der Waals surface area contributed by atoms with Crippen molar-refractivity contribution in [2.24, 2.45) is 0 Å². The molecule has 286 valence electrons. The summed E-state index contributed by atoms with van der Waals surface area (Å²) in [6, 6.07) is 84.2. The fraction of sp³-hybridized carbons (Fsp3) is 0. The summed E-state index contributed by atoms with van der Waals surface area (Å²) < 4.78 is 5.02. The van der Waals surface area contributed by atoms with Gasteiger partial charge in [0, 0.05) is 53.7 Å². The van der Waals surface area contributed by atoms with Crippen LogP contribution in [-0.4, -0.2) is 4.57 Å². The van der Waals surface area contributed by atoms with Gasteiger partial charge in [0.2, 0.25) is 0 Å². The fourth-order valence-corrected chi connectivity index (χ4v) is 10.5. The van der Waals surface area contributed by atoms with E-state index in [1.54, 1.807) is 0 Å². The number of benzene rings is 10. The molecule has 0 N–H and O–H groups in total. The van der Waals surface area contributed by atoms with E-state index in [0.29, 0.717) is 0 Å². The number of fused-ring (bicyclic) bond motifs is 8. The molecule has 12 aromatic rings. The molecule has 2 aromatic heterocycles. The highest BCUT2D eigenvalue weighted by atomic mass is 32.1. The second-order valence-electron chi connectivity index (χ2n) is 15.7. The Morgan fingerprint density at radius 1 is 0.328 bits per heavy atom. The first-order valence-electron chi connectivity index (χ1n) is 20.8. The summed E-state index contributed by atoms with van der Waals surface area (Å²) in [6.07, 6.45) is 0. The predicted octanol–water partition coefficient (Wildman–Crippen LogP) is 16.8. The van der Waals surface area contributed by atoms with Crippen LogP contribution in [0.4, 0.5) is 17.1 Å². The zero-order valence-corrected chi connectivity index (χ0v) is 34.1. The second kappa shape index (κ2) is 14.5. The van der Waals surface area contributed by atoms with Gasteiger partial charge < -0.3 is 9.47 Å². The molecule has 0 spiro atoms. The van der Waals surface area contributed by atoms with Crippen LogP contribution < -0.4 is 4.90 Å². The predicted molar refractivity (Wildman–Crippen MR) is 262 cm³/mol. The second-order valence-corrected chi connectivity index (χ2v) is 16.8. The minimum Gasteiger partial charge on any atom is -0.310 e. The van der Waals surface area contributed by atoms with E-state index in [4.69, 9.17) is 0 Å². The van der Waals surface area contributed by atoms with Gasteiger partial charge in [-0.25, -0.2) is 0 Å². The molecule has 0 bridgehead atoms. The maximum atomic E-state index is 2.43. The summed E-state index contributed by atoms with van der Waals surface area (Å²) in [7, 11) is 0. The largest absolute Gasteiger partial charge is 0.310 e. The number of nitrogens with zero attached hydrogens (tertiary/aromatic N) is 2. The summed E-state index contributed by atoms with van der Waals surface area (Å²) in [5, 5.41) is 7.68. The van der Waals surface area contributed by atoms with Crippen LogP contribution in [0.1, 0.15) is 0 Å². The number of para-hydroxylation sites is 1. The van der Waals surface area contributed by atoms with Crippen molar-refractivity contribution in [3.63, 3.8) is 0 Å². The highest BCUT2D eigenvalue weighted by Gasteiger charge is 2.20. The van der Waals surface area contributed by atoms with E-state index in [-0.39, 0.29) is 0 Å². The topological polar surface area (TPSA) is 8.17 Å². The third kappa shape index (κ3) is 6.01. The van der Waals surface area contributed by atoms with Gasteiger partial charge in [0.15, 0.2) is 0 Å². The molecule has 0 amide bonds. The Bertz CT molecular complexity index is 3580. The number of thiophene rings is 1. The van der Waals surface area contributed by atoms with E-state index in [0.717, 1.165) is 22.7 Å². The molecule has 10 aromatic carbocycles. The van der Waals surface area contributed by atoms with Gasteiger partial charge in [-0.2, -0.15) is 0 Å². The number of anilines is 3. The summed E-state index contributed by atoms with van der Waals surface area (Å²) >= 11 is 1.86. The van der Waals surface area contributed by atoms with E-state index >= 15 is 0 Å². The van der Waals surface area contributed by atoms with Crippen LogP contribution in [-0.2, 0) is 0 Å². The van der Waals surface area contributed by atoms with Crippen LogP contribution in [0.25, 0.3) is 91.8 Å². The van der Waals surface area contributed by atoms with Crippen LogP contribution in [0.3, 0.4) is 0 Å². The molecular formula is C58H38N2S. The van der Waals surface area contributed by atoms with Crippen LogP contribution in [0, 0.1) is 0 Å². The van der Waals surface area contributed by atoms with Crippen LogP contribution >= 0.6 is 11.3 Å². The summed E-state index contributed by atoms with van der Waals surface area (Å²) in [6.45, 7) is 0. The average Bonchev–Trinajstić information content (AvgIpc) is 3.88. The highest BCUT2D eigenvalue weighted by molar-refractivity contribution is 7.25. The minimum atomic E-state index is 1.10. The fourth-order valence-electron chi connectivity index (χ4n) is 9.34. The zero-order valence-electron chi connectivity index (χ0n) is 33.2. The summed E-state index contributed by atoms with van der Waals surface area (Å²) in [4.78, 5) is 2.41. The molecule has 0 aliphatic heterocycles. The van der Waals surface area contributed by atoms with Crippen molar-refractivity contribution in [2.75, 3.05) is 4.90 Å². The lowest BCUT2D eigenvalue weighted by Crippen LogP contribution is -2.10. The number of aromatic nitrogens is 1. The molecule has 61 heavy (non-hydrogen) atoms. The van der Waals surface area contributed by atoms with E-state index in [2.05, 4.69) is 240 Å². The number of hydrogen-bond donors (Lipinski definition) is 0. The van der Waals surface area contributed by atoms with Gasteiger partial charge in [0.1, 0.15) is 0 Å². The van der Waals surface area contributed by atoms with E-state index in [1.165, 1.54) is 86.1 Å². The Morgan fingerprint density at radius 2 is 0.951 bits per heavy atom. The lowest BCUT2D eigenvalue weighted by atomic mass is 9.93. The molecule has 12 rings (SSSR count). The summed E-state index contributed by atoms with van der Waals surface area (Å²) in [5.41, 5.74) is 14.0. The Morgan fingerprint density at radius 3 is 1.79 bits per heavy atom. The maximum absolute atomic E-state index is 2.43. The van der Waals surface area contributed by atoms with E-state index < -0.39 is 0 Å². The van der Waals surface area contributed by atoms with Crippen LogP contribution in [0.5, 0.6) is 0 Å². The monoisotopic (exact) mass is 794 g/mol. The van der Waals surface area contributed by atoms with Crippen molar-refractivity contribution in [1.29, 1.82) is 0 Å². The first-order chi connectivity index (χ1) is 30.2. The Hall–Kier alpha value is -7.72. The number of hydrogen-bond acceptors (Lipinski definition) is 2. The quantitative estimate of drug-likeness (QED) is 0.156. The third-order valence-corrected chi connectivity index (χ3v) is 13.3. The molecule has 2 heterocycles. The van der Waals surface area contributed by atoms with E-state index in [9.17, 15) is 0 Å². The molecule has 0 saturated heterocycles. The van der Waals surface area contributed by atoms with E-state index in [1.807, 2.05) is 11.3 Å². The van der Waals surface area contributed by atoms with Crippen molar-refractivity contribution < 1.29 is 0 Å². The van der Waals surface area contributed by atoms with Gasteiger partial charge >= 0.3 is 0 Å². The molecule has 0 saturated carbocycles. The molecular weight excluding hydrogens is 757 g/mol. The highest BCUT2D eigenvalue weighted by Crippen LogP contribution is 2.44. The smallest absolute Gasteiger partial charge is 0.0547 e. The van der Waals surface area contributed by atoms with Crippen LogP contribution in [0.2, 0.25) is 0 Å². The minimum absolute atomic E-state index is 1.10. The van der Waals surface area contributed by atoms with Gasteiger partial charge in [0.05, 0.1) is 11.0 Å². The Labute approximate surface area is 358 Å². The zero-order chi connectivity index (χ0) is 40.3. The maximum Gasteiger partial charge on any atom is 0.0547 e. The lowest BCUT2D eigenvalue weighted by Gasteiger charge is -2.27. The van der Waals surface area contributed by atoms with Gasteiger partial charge in [-0.15, -0.1) is 11.3 Å². The first kappa shape index (κ1) is 35.2. The molecule has 0 atom stereocenters. The SMILES string of the molecule is c1ccc(-c2ccc(N(c3ccc(-c4cccc(-n5c6ccccc6c6c7ccccc7ccc65)c4)c(-c4ccccc4)c3)c3ccc4c(c3)sc3ccccc34)cc2)cc1. The molecule has 0 radical (unpaired) electrons. The molecule has 0 unspecified atom stereocenters. The van der Waals surface area contributed by atoms with Gasteiger partial charge in [-0.1, -0.05) is 164 Å². The first-order valence-corrected chi connectivity index (χ1v) is 21.6. The number of rotatable bonds is 7. The van der Waals surface area contributed by atoms with Crippen molar-refractivity contribution in [3.05, 3.63) is 231 Å². The van der Waals surface area contributed by atoms with Crippen LogP contribution in [0.15, 0.2) is 231 Å². The molecule has 2 nitrogen and oxygen atoms in total. The van der Waals surface area contributed by atoms with Crippen molar-refractivity contribution in [3.8, 4) is 39.1 Å². The van der Waals surface area contributed by atoms with Crippen molar-refractivity contribution >= 4 is 81.1 Å². The normalized spacial score (nSPS) is 11.6. The molecule has 0 aliphatic carbocycles. The molecule has 0 aliphatic rings. The average molecular weight is 795 g/mol. The molecule has 3 heteroatoms. The van der Waals surface area contributed by atoms with Gasteiger partial charge in [0.25, 0.3) is 0 Å². The lowest BCUT2D eigenvalue weighted by molar-refractivity contribution is 1.18. The summed E-state index contributed by atoms with van der Waals surface area (Å²) in [5.74, 6) is 0. The third-order valence-electron chi connectivity index (χ3n) is 12.2. The molecule has 0 fully saturated rings. The Balaban J connectivity index is 1.03.